The minimum absolute atomic E-state index is 0.0584. The Balaban J connectivity index is 2.52. The summed E-state index contributed by atoms with van der Waals surface area (Å²) in [5.41, 5.74) is 0. The van der Waals surface area contributed by atoms with Crippen LogP contribution in [0, 0.1) is 4.91 Å². The monoisotopic (exact) mass is 313 g/mol. The van der Waals surface area contributed by atoms with E-state index in [1.165, 1.54) is 7.11 Å². The van der Waals surface area contributed by atoms with Gasteiger partial charge >= 0.3 is 5.97 Å². The van der Waals surface area contributed by atoms with Crippen LogP contribution in [0.4, 0.5) is 0 Å². The molecule has 2 atom stereocenters. The third-order valence-electron chi connectivity index (χ3n) is 4.18. The number of methoxy groups -OCH3 is 1. The average Bonchev–Trinajstić information content (AvgIpc) is 2.53. The Morgan fingerprint density at radius 2 is 1.91 bits per heavy atom. The van der Waals surface area contributed by atoms with Crippen LogP contribution in [0.5, 0.6) is 0 Å². The first-order chi connectivity index (χ1) is 10.5. The van der Waals surface area contributed by atoms with Crippen LogP contribution in [0.15, 0.2) is 5.18 Å². The number of carbonyl (C=O) groups excluding carboxylic acids is 2. The average molecular weight is 313 g/mol. The van der Waals surface area contributed by atoms with E-state index in [1.807, 2.05) is 13.8 Å². The number of amides is 1. The van der Waals surface area contributed by atoms with Gasteiger partial charge < -0.3 is 15.4 Å². The highest BCUT2D eigenvalue weighted by atomic mass is 16.5. The van der Waals surface area contributed by atoms with Crippen molar-refractivity contribution in [1.82, 2.24) is 10.6 Å². The van der Waals surface area contributed by atoms with E-state index < -0.39 is 12.0 Å². The number of ether oxygens (including phenoxy) is 1. The van der Waals surface area contributed by atoms with Crippen molar-refractivity contribution in [2.75, 3.05) is 7.11 Å². The van der Waals surface area contributed by atoms with Crippen LogP contribution in [0.1, 0.15) is 52.4 Å². The molecule has 1 rings (SSSR count). The molecule has 0 aromatic heterocycles. The molecule has 126 valence electrons. The highest BCUT2D eigenvalue weighted by Crippen LogP contribution is 2.21. The van der Waals surface area contributed by atoms with Gasteiger partial charge in [-0.1, -0.05) is 12.1 Å². The van der Waals surface area contributed by atoms with E-state index in [0.717, 1.165) is 19.3 Å². The van der Waals surface area contributed by atoms with Crippen molar-refractivity contribution in [2.24, 2.45) is 5.18 Å². The summed E-state index contributed by atoms with van der Waals surface area (Å²) in [4.78, 5) is 34.4. The summed E-state index contributed by atoms with van der Waals surface area (Å²) in [6, 6.07) is -0.582. The maximum atomic E-state index is 12.0. The number of carbonyl (C=O) groups is 2. The first kappa shape index (κ1) is 18.5. The molecule has 22 heavy (non-hydrogen) atoms. The topological polar surface area (TPSA) is 96.9 Å². The number of nitroso groups, excluding NO2 is 1. The summed E-state index contributed by atoms with van der Waals surface area (Å²) in [5.74, 6) is -0.601. The van der Waals surface area contributed by atoms with E-state index in [2.05, 4.69) is 15.8 Å². The van der Waals surface area contributed by atoms with E-state index >= 15 is 0 Å². The minimum Gasteiger partial charge on any atom is -0.468 e. The quantitative estimate of drug-likeness (QED) is 0.523. The molecule has 2 unspecified atom stereocenters. The van der Waals surface area contributed by atoms with Gasteiger partial charge in [-0.15, -0.1) is 0 Å². The lowest BCUT2D eigenvalue weighted by atomic mass is 9.91. The number of hydrogen-bond donors (Lipinski definition) is 2. The molecule has 0 spiro atoms. The van der Waals surface area contributed by atoms with Gasteiger partial charge in [-0.2, -0.15) is 4.91 Å². The number of esters is 1. The van der Waals surface area contributed by atoms with E-state index in [1.54, 1.807) is 0 Å². The molecule has 1 aliphatic rings. The van der Waals surface area contributed by atoms with Gasteiger partial charge in [0.25, 0.3) is 0 Å². The summed E-state index contributed by atoms with van der Waals surface area (Å²) in [6.45, 7) is 3.91. The van der Waals surface area contributed by atoms with E-state index in [-0.39, 0.29) is 30.5 Å². The molecule has 0 aliphatic heterocycles. The maximum Gasteiger partial charge on any atom is 0.323 e. The molecule has 0 saturated heterocycles. The molecule has 1 amide bonds. The number of nitrogens with one attached hydrogen (secondary N) is 2. The van der Waals surface area contributed by atoms with Crippen LogP contribution in [-0.2, 0) is 14.3 Å². The van der Waals surface area contributed by atoms with Gasteiger partial charge in [-0.3, -0.25) is 9.59 Å². The van der Waals surface area contributed by atoms with Gasteiger partial charge in [-0.05, 0) is 39.0 Å². The second-order valence-electron chi connectivity index (χ2n) is 5.93. The lowest BCUT2D eigenvalue weighted by Gasteiger charge is -2.29. The molecule has 1 saturated carbocycles. The third-order valence-corrected chi connectivity index (χ3v) is 4.18. The van der Waals surface area contributed by atoms with E-state index in [0.29, 0.717) is 12.8 Å². The zero-order valence-corrected chi connectivity index (χ0v) is 13.6. The van der Waals surface area contributed by atoms with Crippen molar-refractivity contribution < 1.29 is 14.3 Å². The van der Waals surface area contributed by atoms with Gasteiger partial charge in [0.2, 0.25) is 5.91 Å². The Kier molecular flexibility index (Phi) is 8.01. The summed E-state index contributed by atoms with van der Waals surface area (Å²) < 4.78 is 4.78. The van der Waals surface area contributed by atoms with Crippen molar-refractivity contribution in [2.45, 2.75) is 76.5 Å². The first-order valence-corrected chi connectivity index (χ1v) is 7.95. The number of hydrogen-bond acceptors (Lipinski definition) is 6. The van der Waals surface area contributed by atoms with Gasteiger partial charge in [0.1, 0.15) is 6.04 Å². The van der Waals surface area contributed by atoms with E-state index in [9.17, 15) is 14.5 Å². The predicted octanol–water partition coefficient (Wildman–Crippen LogP) is 1.50. The molecular weight excluding hydrogens is 286 g/mol. The number of rotatable bonds is 8. The Morgan fingerprint density at radius 3 is 2.41 bits per heavy atom. The van der Waals surface area contributed by atoms with Crippen LogP contribution in [0.25, 0.3) is 0 Å². The van der Waals surface area contributed by atoms with Gasteiger partial charge in [-0.25, -0.2) is 0 Å². The molecule has 0 aromatic rings. The second-order valence-corrected chi connectivity index (χ2v) is 5.93. The molecule has 0 aromatic carbocycles. The molecule has 2 N–H and O–H groups in total. The van der Waals surface area contributed by atoms with Crippen LogP contribution in [0.3, 0.4) is 0 Å². The lowest BCUT2D eigenvalue weighted by Crippen LogP contribution is -2.48. The number of nitrogens with zero attached hydrogens (tertiary/aromatic N) is 1. The highest BCUT2D eigenvalue weighted by Gasteiger charge is 2.28. The largest absolute Gasteiger partial charge is 0.468 e. The Morgan fingerprint density at radius 1 is 1.27 bits per heavy atom. The van der Waals surface area contributed by atoms with Crippen molar-refractivity contribution in [1.29, 1.82) is 0 Å². The molecule has 1 aliphatic carbocycles. The fourth-order valence-corrected chi connectivity index (χ4v) is 2.61. The first-order valence-electron chi connectivity index (χ1n) is 7.95. The zero-order valence-electron chi connectivity index (χ0n) is 13.6. The van der Waals surface area contributed by atoms with Crippen LogP contribution in [-0.4, -0.2) is 43.2 Å². The summed E-state index contributed by atoms with van der Waals surface area (Å²) in [7, 11) is 1.32. The smallest absolute Gasteiger partial charge is 0.323 e. The zero-order chi connectivity index (χ0) is 16.5. The normalized spacial score (nSPS) is 24.1. The molecule has 7 heteroatoms. The standard InChI is InChI=1S/C15H27N3O4/c1-4-10(2)16-14(19)9-13(15(20)22-3)17-11-5-7-12(18-21)8-6-11/h10-13,17H,4-9H2,1-3H3,(H,16,19). The van der Waals surface area contributed by atoms with Crippen molar-refractivity contribution in [3.8, 4) is 0 Å². The second kappa shape index (κ2) is 9.50. The van der Waals surface area contributed by atoms with E-state index in [4.69, 9.17) is 4.74 Å². The van der Waals surface area contributed by atoms with Crippen molar-refractivity contribution >= 4 is 11.9 Å². The Hall–Kier alpha value is -1.50. The van der Waals surface area contributed by atoms with Crippen molar-refractivity contribution in [3.05, 3.63) is 4.91 Å². The van der Waals surface area contributed by atoms with Crippen LogP contribution in [0.2, 0.25) is 0 Å². The van der Waals surface area contributed by atoms with Gasteiger partial charge in [0.05, 0.1) is 19.6 Å². The fourth-order valence-electron chi connectivity index (χ4n) is 2.61. The summed E-state index contributed by atoms with van der Waals surface area (Å²) in [5, 5.41) is 9.11. The molecule has 0 radical (unpaired) electrons. The Bertz CT molecular complexity index is 381. The summed E-state index contributed by atoms with van der Waals surface area (Å²) in [6.07, 6.45) is 3.88. The SMILES string of the molecule is CCC(C)NC(=O)CC(NC1CCC(N=O)CC1)C(=O)OC. The molecule has 0 heterocycles. The van der Waals surface area contributed by atoms with Gasteiger partial charge in [0, 0.05) is 12.1 Å². The molecule has 7 nitrogen and oxygen atoms in total. The minimum atomic E-state index is -0.653. The van der Waals surface area contributed by atoms with Crippen LogP contribution >= 0.6 is 0 Å². The lowest BCUT2D eigenvalue weighted by molar-refractivity contribution is -0.145. The fraction of sp³-hybridized carbons (Fsp3) is 0.867. The maximum absolute atomic E-state index is 12.0. The van der Waals surface area contributed by atoms with Crippen LogP contribution < -0.4 is 10.6 Å². The molecular formula is C15H27N3O4. The Labute approximate surface area is 131 Å². The molecule has 0 bridgehead atoms. The third kappa shape index (κ3) is 6.09. The summed E-state index contributed by atoms with van der Waals surface area (Å²) >= 11 is 0. The molecule has 1 fully saturated rings. The van der Waals surface area contributed by atoms with Crippen molar-refractivity contribution in [3.63, 3.8) is 0 Å². The van der Waals surface area contributed by atoms with Gasteiger partial charge in [0.15, 0.2) is 0 Å². The highest BCUT2D eigenvalue weighted by molar-refractivity contribution is 5.85. The predicted molar refractivity (Wildman–Crippen MR) is 83.3 cm³/mol.